The fourth-order valence-corrected chi connectivity index (χ4v) is 3.53. The number of benzene rings is 2. The van der Waals surface area contributed by atoms with E-state index in [1.54, 1.807) is 0 Å². The number of para-hydroxylation sites is 1. The molecule has 0 radical (unpaired) electrons. The van der Waals surface area contributed by atoms with Gasteiger partial charge in [0.1, 0.15) is 0 Å². The van der Waals surface area contributed by atoms with E-state index < -0.39 is 0 Å². The van der Waals surface area contributed by atoms with Gasteiger partial charge in [-0.3, -0.25) is 4.90 Å². The number of hydrogen-bond acceptors (Lipinski definition) is 2. The zero-order valence-corrected chi connectivity index (χ0v) is 14.6. The molecule has 5 heteroatoms. The van der Waals surface area contributed by atoms with Crippen molar-refractivity contribution in [2.75, 3.05) is 19.7 Å². The molecule has 0 amide bonds. The third-order valence-corrected chi connectivity index (χ3v) is 5.18. The van der Waals surface area contributed by atoms with E-state index in [2.05, 4.69) is 40.2 Å². The van der Waals surface area contributed by atoms with E-state index in [1.807, 2.05) is 18.2 Å². The molecule has 124 valence electrons. The summed E-state index contributed by atoms with van der Waals surface area (Å²) < 4.78 is 5.93. The smallest absolute Gasteiger partial charge is 0.0953 e. The maximum absolute atomic E-state index is 6.14. The van der Waals surface area contributed by atoms with Gasteiger partial charge in [0.05, 0.1) is 22.8 Å². The minimum absolute atomic E-state index is 0.0258. The summed E-state index contributed by atoms with van der Waals surface area (Å²) in [5.41, 5.74) is 3.48. The van der Waals surface area contributed by atoms with Gasteiger partial charge in [-0.1, -0.05) is 47.5 Å². The number of aromatic amines is 1. The van der Waals surface area contributed by atoms with Crippen LogP contribution in [0.1, 0.15) is 17.4 Å². The molecule has 1 aromatic heterocycles. The van der Waals surface area contributed by atoms with Crippen LogP contribution in [-0.4, -0.2) is 29.6 Å². The Kier molecular flexibility index (Phi) is 4.51. The van der Waals surface area contributed by atoms with Gasteiger partial charge >= 0.3 is 0 Å². The molecule has 2 aromatic carbocycles. The van der Waals surface area contributed by atoms with Crippen molar-refractivity contribution in [2.24, 2.45) is 0 Å². The van der Waals surface area contributed by atoms with Crippen LogP contribution >= 0.6 is 23.2 Å². The Hall–Kier alpha value is -1.52. The van der Waals surface area contributed by atoms with E-state index in [-0.39, 0.29) is 6.10 Å². The lowest BCUT2D eigenvalue weighted by molar-refractivity contribution is -0.0332. The fraction of sp³-hybridized carbons (Fsp3) is 0.263. The van der Waals surface area contributed by atoms with E-state index >= 15 is 0 Å². The van der Waals surface area contributed by atoms with Crippen LogP contribution in [-0.2, 0) is 11.3 Å². The minimum Gasteiger partial charge on any atom is -0.371 e. The van der Waals surface area contributed by atoms with Crippen LogP contribution in [0.4, 0.5) is 0 Å². The molecule has 1 aliphatic rings. The van der Waals surface area contributed by atoms with Crippen molar-refractivity contribution in [3.05, 3.63) is 69.8 Å². The number of H-pyrrole nitrogens is 1. The molecule has 1 aliphatic heterocycles. The van der Waals surface area contributed by atoms with Crippen LogP contribution in [0.3, 0.4) is 0 Å². The van der Waals surface area contributed by atoms with Crippen molar-refractivity contribution >= 4 is 34.1 Å². The molecule has 1 fully saturated rings. The molecule has 1 saturated heterocycles. The standard InChI is InChI=1S/C19H18Cl2N2O/c20-16-6-5-14(10-17(16)21)19-12-23(7-8-24-19)11-15-9-13-3-1-2-4-18(13)22-15/h1-6,9-10,19,22H,7-8,11-12H2. The second kappa shape index (κ2) is 6.77. The van der Waals surface area contributed by atoms with E-state index in [0.717, 1.165) is 25.2 Å². The first kappa shape index (κ1) is 16.0. The van der Waals surface area contributed by atoms with Gasteiger partial charge in [0.25, 0.3) is 0 Å². The van der Waals surface area contributed by atoms with Crippen molar-refractivity contribution in [1.82, 2.24) is 9.88 Å². The Balaban J connectivity index is 1.49. The molecule has 1 N–H and O–H groups in total. The highest BCUT2D eigenvalue weighted by atomic mass is 35.5. The zero-order chi connectivity index (χ0) is 16.5. The molecule has 24 heavy (non-hydrogen) atoms. The number of aromatic nitrogens is 1. The van der Waals surface area contributed by atoms with Crippen molar-refractivity contribution in [2.45, 2.75) is 12.6 Å². The molecule has 2 heterocycles. The normalized spacial score (nSPS) is 19.0. The van der Waals surface area contributed by atoms with E-state index in [1.165, 1.54) is 16.6 Å². The topological polar surface area (TPSA) is 28.3 Å². The SMILES string of the molecule is Clc1ccc(C2CN(Cc3cc4ccccc4[nH]3)CCO2)cc1Cl. The Labute approximate surface area is 151 Å². The summed E-state index contributed by atoms with van der Waals surface area (Å²) in [7, 11) is 0. The van der Waals surface area contributed by atoms with Crippen molar-refractivity contribution in [3.63, 3.8) is 0 Å². The van der Waals surface area contributed by atoms with Crippen LogP contribution in [0.25, 0.3) is 10.9 Å². The van der Waals surface area contributed by atoms with Crippen molar-refractivity contribution in [3.8, 4) is 0 Å². The molecule has 0 spiro atoms. The summed E-state index contributed by atoms with van der Waals surface area (Å²) in [5, 5.41) is 2.40. The molecule has 1 unspecified atom stereocenters. The van der Waals surface area contributed by atoms with Crippen LogP contribution in [0.15, 0.2) is 48.5 Å². The molecule has 0 saturated carbocycles. The Morgan fingerprint density at radius 2 is 1.96 bits per heavy atom. The average Bonchev–Trinajstić information content (AvgIpc) is 3.00. The third kappa shape index (κ3) is 3.31. The van der Waals surface area contributed by atoms with Gasteiger partial charge in [-0.25, -0.2) is 0 Å². The molecular weight excluding hydrogens is 343 g/mol. The molecular formula is C19H18Cl2N2O. The summed E-state index contributed by atoms with van der Waals surface area (Å²) in [5.74, 6) is 0. The predicted octanol–water partition coefficient (Wildman–Crippen LogP) is 5.05. The van der Waals surface area contributed by atoms with E-state index in [0.29, 0.717) is 16.7 Å². The molecule has 4 rings (SSSR count). The lowest BCUT2D eigenvalue weighted by Gasteiger charge is -2.33. The quantitative estimate of drug-likeness (QED) is 0.707. The van der Waals surface area contributed by atoms with Crippen molar-refractivity contribution < 1.29 is 4.74 Å². The van der Waals surface area contributed by atoms with Gasteiger partial charge in [-0.15, -0.1) is 0 Å². The van der Waals surface area contributed by atoms with Gasteiger partial charge in [0, 0.05) is 30.8 Å². The number of nitrogens with zero attached hydrogens (tertiary/aromatic N) is 1. The summed E-state index contributed by atoms with van der Waals surface area (Å²) in [4.78, 5) is 5.90. The molecule has 1 atom stereocenters. The van der Waals surface area contributed by atoms with E-state index in [4.69, 9.17) is 27.9 Å². The number of halogens is 2. The first-order valence-corrected chi connectivity index (χ1v) is 8.80. The Bertz CT molecular complexity index is 828. The molecule has 0 aliphatic carbocycles. The van der Waals surface area contributed by atoms with Crippen LogP contribution in [0.2, 0.25) is 10.0 Å². The van der Waals surface area contributed by atoms with Gasteiger partial charge < -0.3 is 9.72 Å². The summed E-state index contributed by atoms with van der Waals surface area (Å²) in [6.45, 7) is 3.36. The van der Waals surface area contributed by atoms with Gasteiger partial charge in [0.15, 0.2) is 0 Å². The van der Waals surface area contributed by atoms with Crippen LogP contribution in [0, 0.1) is 0 Å². The van der Waals surface area contributed by atoms with Crippen LogP contribution < -0.4 is 0 Å². The highest BCUT2D eigenvalue weighted by Crippen LogP contribution is 2.29. The Morgan fingerprint density at radius 1 is 1.08 bits per heavy atom. The minimum atomic E-state index is 0.0258. The average molecular weight is 361 g/mol. The predicted molar refractivity (Wildman–Crippen MR) is 98.7 cm³/mol. The first-order valence-electron chi connectivity index (χ1n) is 8.04. The number of fused-ring (bicyclic) bond motifs is 1. The first-order chi connectivity index (χ1) is 11.7. The molecule has 3 aromatic rings. The highest BCUT2D eigenvalue weighted by Gasteiger charge is 2.23. The lowest BCUT2D eigenvalue weighted by atomic mass is 10.1. The largest absolute Gasteiger partial charge is 0.371 e. The summed E-state index contributed by atoms with van der Waals surface area (Å²) in [6.07, 6.45) is 0.0258. The van der Waals surface area contributed by atoms with Gasteiger partial charge in [0.2, 0.25) is 0 Å². The van der Waals surface area contributed by atoms with Crippen LogP contribution in [0.5, 0.6) is 0 Å². The fourth-order valence-electron chi connectivity index (χ4n) is 3.22. The number of hydrogen-bond donors (Lipinski definition) is 1. The summed E-state index contributed by atoms with van der Waals surface area (Å²) in [6, 6.07) is 16.3. The maximum Gasteiger partial charge on any atom is 0.0953 e. The highest BCUT2D eigenvalue weighted by molar-refractivity contribution is 6.42. The summed E-state index contributed by atoms with van der Waals surface area (Å²) >= 11 is 12.1. The Morgan fingerprint density at radius 3 is 2.79 bits per heavy atom. The molecule has 0 bridgehead atoms. The molecule has 3 nitrogen and oxygen atoms in total. The van der Waals surface area contributed by atoms with Crippen molar-refractivity contribution in [1.29, 1.82) is 0 Å². The second-order valence-corrected chi connectivity index (χ2v) is 6.96. The lowest BCUT2D eigenvalue weighted by Crippen LogP contribution is -2.37. The maximum atomic E-state index is 6.14. The second-order valence-electron chi connectivity index (χ2n) is 6.15. The monoisotopic (exact) mass is 360 g/mol. The van der Waals surface area contributed by atoms with Gasteiger partial charge in [-0.05, 0) is 35.2 Å². The zero-order valence-electron chi connectivity index (χ0n) is 13.1. The number of nitrogens with one attached hydrogen (secondary N) is 1. The number of morpholine rings is 1. The van der Waals surface area contributed by atoms with E-state index in [9.17, 15) is 0 Å². The number of rotatable bonds is 3. The van der Waals surface area contributed by atoms with Gasteiger partial charge in [-0.2, -0.15) is 0 Å². The third-order valence-electron chi connectivity index (χ3n) is 4.45. The number of ether oxygens (including phenoxy) is 1.